The molecule has 0 aliphatic rings. The average Bonchev–Trinajstić information content (AvgIpc) is 2.84. The minimum Gasteiger partial charge on any atom is -0.393 e. The number of imidazole rings is 1. The van der Waals surface area contributed by atoms with Gasteiger partial charge in [0.25, 0.3) is 5.56 Å². The fourth-order valence-electron chi connectivity index (χ4n) is 1.59. The summed E-state index contributed by atoms with van der Waals surface area (Å²) in [6.07, 6.45) is -0.556. The third-order valence-corrected chi connectivity index (χ3v) is 2.49. The summed E-state index contributed by atoms with van der Waals surface area (Å²) in [5, 5.41) is 8.88. The number of H-pyrrole nitrogens is 1. The summed E-state index contributed by atoms with van der Waals surface area (Å²) in [7, 11) is 0. The van der Waals surface area contributed by atoms with Crippen LogP contribution in [0.25, 0.3) is 11.2 Å². The molecule has 2 aromatic heterocycles. The normalized spacial score (nSPS) is 14.1. The van der Waals surface area contributed by atoms with Crippen LogP contribution in [0, 0.1) is 0 Å². The number of anilines is 1. The van der Waals surface area contributed by atoms with Gasteiger partial charge < -0.3 is 20.4 Å². The quantitative estimate of drug-likeness (QED) is 0.512. The molecule has 106 valence electrons. The number of ether oxygens (including phenoxy) is 1. The number of aldehydes is 2. The van der Waals surface area contributed by atoms with Gasteiger partial charge in [0.1, 0.15) is 6.10 Å². The number of nitrogens with one attached hydrogen (secondary N) is 1. The number of nitrogen functional groups attached to an aromatic ring is 1. The fraction of sp³-hybridized carbons (Fsp3) is 0.300. The van der Waals surface area contributed by atoms with Gasteiger partial charge in [0.2, 0.25) is 5.95 Å². The Balaban J connectivity index is 2.47. The zero-order chi connectivity index (χ0) is 14.7. The van der Waals surface area contributed by atoms with E-state index in [1.165, 1.54) is 0 Å². The van der Waals surface area contributed by atoms with Gasteiger partial charge in [-0.25, -0.2) is 4.98 Å². The Morgan fingerprint density at radius 2 is 2.25 bits per heavy atom. The second-order valence-electron chi connectivity index (χ2n) is 3.80. The second-order valence-corrected chi connectivity index (χ2v) is 3.80. The fourth-order valence-corrected chi connectivity index (χ4v) is 1.59. The Morgan fingerprint density at radius 1 is 1.50 bits per heavy atom. The number of aromatic amines is 1. The highest BCUT2D eigenvalue weighted by Crippen LogP contribution is 2.15. The van der Waals surface area contributed by atoms with Gasteiger partial charge in [-0.15, -0.1) is 0 Å². The molecule has 20 heavy (non-hydrogen) atoms. The molecule has 0 aromatic carbocycles. The van der Waals surface area contributed by atoms with Crippen LogP contribution >= 0.6 is 0 Å². The molecule has 4 N–H and O–H groups in total. The van der Waals surface area contributed by atoms with Crippen LogP contribution < -0.4 is 11.3 Å². The van der Waals surface area contributed by atoms with E-state index in [0.717, 1.165) is 10.9 Å². The third-order valence-electron chi connectivity index (χ3n) is 2.49. The van der Waals surface area contributed by atoms with E-state index in [1.807, 2.05) is 0 Å². The molecule has 10 nitrogen and oxygen atoms in total. The maximum absolute atomic E-state index is 11.6. The van der Waals surface area contributed by atoms with E-state index in [9.17, 15) is 14.4 Å². The Labute approximate surface area is 111 Å². The van der Waals surface area contributed by atoms with E-state index in [2.05, 4.69) is 15.0 Å². The van der Waals surface area contributed by atoms with Crippen LogP contribution in [0.2, 0.25) is 0 Å². The number of carbonyl (C=O) groups excluding carboxylic acids is 2. The predicted octanol–water partition coefficient (Wildman–Crippen LogP) is -2.02. The number of aliphatic hydroxyl groups excluding tert-OH is 1. The summed E-state index contributed by atoms with van der Waals surface area (Å²) in [6.45, 7) is -0.587. The maximum atomic E-state index is 11.6. The molecule has 0 bridgehead atoms. The molecule has 0 saturated heterocycles. The highest BCUT2D eigenvalue weighted by atomic mass is 16.5. The van der Waals surface area contributed by atoms with E-state index in [-0.39, 0.29) is 17.1 Å². The van der Waals surface area contributed by atoms with Crippen LogP contribution in [0.3, 0.4) is 0 Å². The molecular formula is C10H11N5O5. The van der Waals surface area contributed by atoms with Crippen molar-refractivity contribution < 1.29 is 19.4 Å². The zero-order valence-corrected chi connectivity index (χ0v) is 10.1. The van der Waals surface area contributed by atoms with Gasteiger partial charge in [0, 0.05) is 0 Å². The van der Waals surface area contributed by atoms with E-state index in [4.69, 9.17) is 15.6 Å². The first-order valence-corrected chi connectivity index (χ1v) is 5.50. The smallest absolute Gasteiger partial charge is 0.280 e. The van der Waals surface area contributed by atoms with Crippen molar-refractivity contribution in [2.24, 2.45) is 0 Å². The summed E-state index contributed by atoms with van der Waals surface area (Å²) in [5.41, 5.74) is 4.86. The van der Waals surface area contributed by atoms with E-state index >= 15 is 0 Å². The van der Waals surface area contributed by atoms with Crippen LogP contribution in [0.15, 0.2) is 11.1 Å². The molecule has 0 fully saturated rings. The number of aliphatic hydroxyl groups is 1. The molecule has 0 aliphatic carbocycles. The van der Waals surface area contributed by atoms with Crippen molar-refractivity contribution in [3.05, 3.63) is 16.7 Å². The van der Waals surface area contributed by atoms with E-state index in [0.29, 0.717) is 12.6 Å². The second kappa shape index (κ2) is 5.59. The summed E-state index contributed by atoms with van der Waals surface area (Å²) in [4.78, 5) is 43.2. The number of rotatable bonds is 6. The SMILES string of the molecule is Nc1nc2c(ncn2[C@H](C=O)O[C@H](C=O)CO)c(=O)[nH]1. The van der Waals surface area contributed by atoms with Gasteiger partial charge in [0.15, 0.2) is 30.0 Å². The van der Waals surface area contributed by atoms with Crippen LogP contribution in [0.1, 0.15) is 6.23 Å². The summed E-state index contributed by atoms with van der Waals surface area (Å²) >= 11 is 0. The van der Waals surface area contributed by atoms with Crippen molar-refractivity contribution in [2.75, 3.05) is 12.3 Å². The molecule has 2 atom stereocenters. The number of aromatic nitrogens is 4. The first-order valence-electron chi connectivity index (χ1n) is 5.50. The highest BCUT2D eigenvalue weighted by molar-refractivity contribution is 5.72. The zero-order valence-electron chi connectivity index (χ0n) is 10.1. The van der Waals surface area contributed by atoms with Crippen LogP contribution in [-0.2, 0) is 14.3 Å². The molecule has 0 aliphatic heterocycles. The highest BCUT2D eigenvalue weighted by Gasteiger charge is 2.20. The molecule has 0 saturated carbocycles. The van der Waals surface area contributed by atoms with Crippen molar-refractivity contribution in [1.82, 2.24) is 19.5 Å². The standard InChI is InChI=1S/C10H11N5O5/c11-10-13-8-7(9(19)14-10)12-4-15(8)6(3-18)20-5(1-16)2-17/h1,3-6,17H,2H2,(H3,11,13,14,19)/t5-,6+/m1/s1. The summed E-state index contributed by atoms with van der Waals surface area (Å²) in [6, 6.07) is 0. The Morgan fingerprint density at radius 3 is 2.85 bits per heavy atom. The molecule has 2 heterocycles. The lowest BCUT2D eigenvalue weighted by atomic mass is 10.4. The number of hydrogen-bond donors (Lipinski definition) is 3. The van der Waals surface area contributed by atoms with Crippen molar-refractivity contribution in [1.29, 1.82) is 0 Å². The molecule has 10 heteroatoms. The predicted molar refractivity (Wildman–Crippen MR) is 65.7 cm³/mol. The van der Waals surface area contributed by atoms with Crippen LogP contribution in [-0.4, -0.2) is 49.9 Å². The van der Waals surface area contributed by atoms with E-state index < -0.39 is 24.5 Å². The van der Waals surface area contributed by atoms with E-state index in [1.54, 1.807) is 0 Å². The number of fused-ring (bicyclic) bond motifs is 1. The van der Waals surface area contributed by atoms with Crippen molar-refractivity contribution in [3.63, 3.8) is 0 Å². The first kappa shape index (κ1) is 13.8. The lowest BCUT2D eigenvalue weighted by Gasteiger charge is -2.16. The van der Waals surface area contributed by atoms with Crippen LogP contribution in [0.5, 0.6) is 0 Å². The lowest BCUT2D eigenvalue weighted by molar-refractivity contribution is -0.139. The molecule has 0 radical (unpaired) electrons. The summed E-state index contributed by atoms with van der Waals surface area (Å²) in [5.74, 6) is -0.150. The average molecular weight is 281 g/mol. The van der Waals surface area contributed by atoms with Crippen molar-refractivity contribution in [2.45, 2.75) is 12.3 Å². The van der Waals surface area contributed by atoms with Gasteiger partial charge >= 0.3 is 0 Å². The maximum Gasteiger partial charge on any atom is 0.280 e. The molecule has 0 amide bonds. The van der Waals surface area contributed by atoms with Gasteiger partial charge in [-0.2, -0.15) is 4.98 Å². The third kappa shape index (κ3) is 2.41. The lowest BCUT2D eigenvalue weighted by Crippen LogP contribution is -2.26. The van der Waals surface area contributed by atoms with Gasteiger partial charge in [-0.3, -0.25) is 19.1 Å². The largest absolute Gasteiger partial charge is 0.393 e. The minimum atomic E-state index is -1.27. The Bertz CT molecular complexity index is 693. The van der Waals surface area contributed by atoms with Gasteiger partial charge in [-0.05, 0) is 0 Å². The van der Waals surface area contributed by atoms with Gasteiger partial charge in [0.05, 0.1) is 12.9 Å². The number of nitrogens with zero attached hydrogens (tertiary/aromatic N) is 3. The molecule has 2 aromatic rings. The monoisotopic (exact) mass is 281 g/mol. The minimum absolute atomic E-state index is 0.0266. The Hall–Kier alpha value is -2.59. The summed E-state index contributed by atoms with van der Waals surface area (Å²) < 4.78 is 6.21. The molecule has 2 rings (SSSR count). The molecular weight excluding hydrogens is 270 g/mol. The molecule has 0 unspecified atom stereocenters. The Kier molecular flexibility index (Phi) is 3.86. The topological polar surface area (TPSA) is 153 Å². The van der Waals surface area contributed by atoms with Crippen molar-refractivity contribution in [3.8, 4) is 0 Å². The molecule has 0 spiro atoms. The van der Waals surface area contributed by atoms with Crippen molar-refractivity contribution >= 4 is 29.7 Å². The van der Waals surface area contributed by atoms with Gasteiger partial charge in [-0.1, -0.05) is 0 Å². The first-order chi connectivity index (χ1) is 9.60. The number of carbonyl (C=O) groups is 2. The van der Waals surface area contributed by atoms with Crippen LogP contribution in [0.4, 0.5) is 5.95 Å². The number of nitrogens with two attached hydrogens (primary N) is 1. The number of hydrogen-bond acceptors (Lipinski definition) is 8.